The first-order valence-electron chi connectivity index (χ1n) is 6.48. The van der Waals surface area contributed by atoms with Crippen molar-refractivity contribution in [3.8, 4) is 11.3 Å². The molecule has 2 nitrogen and oxygen atoms in total. The van der Waals surface area contributed by atoms with Crippen LogP contribution < -0.4 is 0 Å². The summed E-state index contributed by atoms with van der Waals surface area (Å²) < 4.78 is 2.16. The predicted molar refractivity (Wildman–Crippen MR) is 72.1 cm³/mol. The maximum absolute atomic E-state index is 4.68. The van der Waals surface area contributed by atoms with Crippen LogP contribution in [0.2, 0.25) is 0 Å². The molecular formula is C15H20N2. The van der Waals surface area contributed by atoms with Crippen LogP contribution in [0.1, 0.15) is 31.5 Å². The van der Waals surface area contributed by atoms with E-state index in [0.717, 1.165) is 12.2 Å². The largest absolute Gasteiger partial charge is 0.269 e. The van der Waals surface area contributed by atoms with Crippen LogP contribution in [-0.2, 0) is 13.0 Å². The van der Waals surface area contributed by atoms with Gasteiger partial charge in [0.25, 0.3) is 0 Å². The molecule has 1 aliphatic rings. The third kappa shape index (κ3) is 2.12. The van der Waals surface area contributed by atoms with Gasteiger partial charge in [-0.3, -0.25) is 4.68 Å². The molecule has 0 N–H and O–H groups in total. The summed E-state index contributed by atoms with van der Waals surface area (Å²) in [6, 6.07) is 10.4. The van der Waals surface area contributed by atoms with Crippen LogP contribution >= 0.6 is 0 Å². The van der Waals surface area contributed by atoms with E-state index in [0.29, 0.717) is 0 Å². The van der Waals surface area contributed by atoms with Crippen LogP contribution in [-0.4, -0.2) is 9.78 Å². The molecule has 0 atom stereocenters. The highest BCUT2D eigenvalue weighted by atomic mass is 15.3. The highest BCUT2D eigenvalue weighted by Crippen LogP contribution is 2.28. The van der Waals surface area contributed by atoms with E-state index in [4.69, 9.17) is 0 Å². The van der Waals surface area contributed by atoms with E-state index < -0.39 is 0 Å². The number of nitrogens with zero attached hydrogens (tertiary/aromatic N) is 2. The van der Waals surface area contributed by atoms with Gasteiger partial charge in [0.05, 0.1) is 5.69 Å². The first kappa shape index (κ1) is 11.9. The average molecular weight is 228 g/mol. The van der Waals surface area contributed by atoms with E-state index in [1.807, 2.05) is 19.9 Å². The molecule has 0 amide bonds. The summed E-state index contributed by atoms with van der Waals surface area (Å²) in [6.45, 7) is 7.27. The van der Waals surface area contributed by atoms with Gasteiger partial charge in [-0.15, -0.1) is 0 Å². The van der Waals surface area contributed by atoms with Gasteiger partial charge in [0.1, 0.15) is 0 Å². The van der Waals surface area contributed by atoms with Gasteiger partial charge in [0, 0.05) is 17.8 Å². The zero-order valence-electron chi connectivity index (χ0n) is 10.9. The first-order chi connectivity index (χ1) is 8.36. The molecule has 0 saturated carbocycles. The average Bonchev–Trinajstić information content (AvgIpc) is 2.97. The summed E-state index contributed by atoms with van der Waals surface area (Å²) in [5.41, 5.74) is 5.18. The van der Waals surface area contributed by atoms with Crippen LogP contribution in [0, 0.1) is 6.92 Å². The fourth-order valence-electron chi connectivity index (χ4n) is 2.35. The SMILES string of the molecule is CC.Cc1c(-c2ccccc2)nn2c1CCC2. The molecule has 1 aromatic carbocycles. The summed E-state index contributed by atoms with van der Waals surface area (Å²) in [7, 11) is 0. The van der Waals surface area contributed by atoms with Crippen molar-refractivity contribution in [1.82, 2.24) is 9.78 Å². The molecule has 0 fully saturated rings. The van der Waals surface area contributed by atoms with Gasteiger partial charge in [-0.2, -0.15) is 5.10 Å². The Morgan fingerprint density at radius 3 is 2.47 bits per heavy atom. The Hall–Kier alpha value is -1.57. The van der Waals surface area contributed by atoms with Crippen molar-refractivity contribution in [3.05, 3.63) is 41.6 Å². The molecule has 2 heterocycles. The van der Waals surface area contributed by atoms with E-state index in [1.54, 1.807) is 0 Å². The minimum Gasteiger partial charge on any atom is -0.269 e. The molecule has 0 unspecified atom stereocenters. The zero-order valence-corrected chi connectivity index (χ0v) is 10.9. The molecule has 0 bridgehead atoms. The van der Waals surface area contributed by atoms with Gasteiger partial charge in [-0.1, -0.05) is 44.2 Å². The van der Waals surface area contributed by atoms with Gasteiger partial charge in [-0.05, 0) is 25.3 Å². The number of aryl methyl sites for hydroxylation is 1. The van der Waals surface area contributed by atoms with Gasteiger partial charge in [-0.25, -0.2) is 0 Å². The summed E-state index contributed by atoms with van der Waals surface area (Å²) >= 11 is 0. The van der Waals surface area contributed by atoms with E-state index in [-0.39, 0.29) is 0 Å². The highest BCUT2D eigenvalue weighted by molar-refractivity contribution is 5.63. The molecule has 90 valence electrons. The molecule has 1 aromatic heterocycles. The van der Waals surface area contributed by atoms with Gasteiger partial charge < -0.3 is 0 Å². The van der Waals surface area contributed by atoms with Crippen molar-refractivity contribution < 1.29 is 0 Å². The molecule has 2 aromatic rings. The molecule has 0 saturated heterocycles. The highest BCUT2D eigenvalue weighted by Gasteiger charge is 2.18. The number of benzene rings is 1. The Balaban J connectivity index is 0.000000514. The van der Waals surface area contributed by atoms with Crippen molar-refractivity contribution in [2.24, 2.45) is 0 Å². The summed E-state index contributed by atoms with van der Waals surface area (Å²) in [4.78, 5) is 0. The normalized spacial score (nSPS) is 12.9. The van der Waals surface area contributed by atoms with Crippen LogP contribution in [0.3, 0.4) is 0 Å². The fraction of sp³-hybridized carbons (Fsp3) is 0.400. The monoisotopic (exact) mass is 228 g/mol. The second-order valence-electron chi connectivity index (χ2n) is 4.11. The van der Waals surface area contributed by atoms with E-state index in [2.05, 4.69) is 41.0 Å². The fourth-order valence-corrected chi connectivity index (χ4v) is 2.35. The number of rotatable bonds is 1. The lowest BCUT2D eigenvalue weighted by atomic mass is 10.1. The lowest BCUT2D eigenvalue weighted by molar-refractivity contribution is 0.659. The Morgan fingerprint density at radius 1 is 1.12 bits per heavy atom. The third-order valence-corrected chi connectivity index (χ3v) is 3.15. The molecular weight excluding hydrogens is 208 g/mol. The number of fused-ring (bicyclic) bond motifs is 1. The van der Waals surface area contributed by atoms with Crippen molar-refractivity contribution in [2.75, 3.05) is 0 Å². The number of aromatic nitrogens is 2. The van der Waals surface area contributed by atoms with Gasteiger partial charge in [0.15, 0.2) is 0 Å². The van der Waals surface area contributed by atoms with Crippen molar-refractivity contribution in [1.29, 1.82) is 0 Å². The quantitative estimate of drug-likeness (QED) is 0.725. The Bertz CT molecular complexity index is 483. The lowest BCUT2D eigenvalue weighted by Crippen LogP contribution is -1.94. The van der Waals surface area contributed by atoms with E-state index >= 15 is 0 Å². The van der Waals surface area contributed by atoms with Crippen molar-refractivity contribution in [3.63, 3.8) is 0 Å². The summed E-state index contributed by atoms with van der Waals surface area (Å²) in [5.74, 6) is 0. The molecule has 0 spiro atoms. The maximum Gasteiger partial charge on any atom is 0.0955 e. The number of hydrogen-bond donors (Lipinski definition) is 0. The van der Waals surface area contributed by atoms with Crippen molar-refractivity contribution in [2.45, 2.75) is 40.2 Å². The Morgan fingerprint density at radius 2 is 1.82 bits per heavy atom. The maximum atomic E-state index is 4.68. The van der Waals surface area contributed by atoms with Crippen molar-refractivity contribution >= 4 is 0 Å². The third-order valence-electron chi connectivity index (χ3n) is 3.15. The Labute approximate surface area is 103 Å². The summed E-state index contributed by atoms with van der Waals surface area (Å²) in [6.07, 6.45) is 2.43. The second kappa shape index (κ2) is 5.17. The Kier molecular flexibility index (Phi) is 3.62. The molecule has 3 rings (SSSR count). The van der Waals surface area contributed by atoms with Crippen LogP contribution in [0.4, 0.5) is 0 Å². The van der Waals surface area contributed by atoms with E-state index in [9.17, 15) is 0 Å². The standard InChI is InChI=1S/C13H14N2.C2H6/c1-10-12-8-5-9-15(12)14-13(10)11-6-3-2-4-7-11;1-2/h2-4,6-7H,5,8-9H2,1H3;1-2H3. The van der Waals surface area contributed by atoms with Gasteiger partial charge in [0.2, 0.25) is 0 Å². The smallest absolute Gasteiger partial charge is 0.0955 e. The second-order valence-corrected chi connectivity index (χ2v) is 4.11. The van der Waals surface area contributed by atoms with Gasteiger partial charge >= 0.3 is 0 Å². The minimum absolute atomic E-state index is 1.09. The van der Waals surface area contributed by atoms with Crippen LogP contribution in [0.25, 0.3) is 11.3 Å². The lowest BCUT2D eigenvalue weighted by Gasteiger charge is -1.98. The molecule has 17 heavy (non-hydrogen) atoms. The predicted octanol–water partition coefficient (Wildman–Crippen LogP) is 3.83. The first-order valence-corrected chi connectivity index (χ1v) is 6.48. The van der Waals surface area contributed by atoms with Crippen LogP contribution in [0.15, 0.2) is 30.3 Å². The minimum atomic E-state index is 1.09. The molecule has 2 heteroatoms. The van der Waals surface area contributed by atoms with E-state index in [1.165, 1.54) is 29.7 Å². The number of hydrogen-bond acceptors (Lipinski definition) is 1. The zero-order chi connectivity index (χ0) is 12.3. The summed E-state index contributed by atoms with van der Waals surface area (Å²) in [5, 5.41) is 4.68. The van der Waals surface area contributed by atoms with Crippen LogP contribution in [0.5, 0.6) is 0 Å². The topological polar surface area (TPSA) is 17.8 Å². The molecule has 1 aliphatic heterocycles. The molecule has 0 radical (unpaired) electrons. The molecule has 0 aliphatic carbocycles.